The highest BCUT2D eigenvalue weighted by Crippen LogP contribution is 2.16. The van der Waals surface area contributed by atoms with E-state index >= 15 is 0 Å². The lowest BCUT2D eigenvalue weighted by molar-refractivity contribution is -0.710. The topological polar surface area (TPSA) is 55.5 Å². The Balaban J connectivity index is 1.64. The number of benzene rings is 2. The molecule has 3 aromatic rings. The highest BCUT2D eigenvalue weighted by atomic mass is 35.5. The molecule has 0 saturated carbocycles. The van der Waals surface area contributed by atoms with E-state index in [4.69, 9.17) is 16.1 Å². The lowest BCUT2D eigenvalue weighted by Crippen LogP contribution is -2.83. The Hall–Kier alpha value is -2.17. The van der Waals surface area contributed by atoms with E-state index in [2.05, 4.69) is 28.4 Å². The van der Waals surface area contributed by atoms with Gasteiger partial charge in [0.2, 0.25) is 5.82 Å². The van der Waals surface area contributed by atoms with Crippen molar-refractivity contribution in [1.29, 1.82) is 0 Å². The number of halogens is 1. The molecule has 3 rings (SSSR count). The Kier molecular flexibility index (Phi) is 4.51. The van der Waals surface area contributed by atoms with E-state index in [0.29, 0.717) is 18.3 Å². The van der Waals surface area contributed by atoms with Crippen LogP contribution in [0.15, 0.2) is 59.1 Å². The summed E-state index contributed by atoms with van der Waals surface area (Å²) < 4.78 is 5.31. The van der Waals surface area contributed by atoms with Crippen LogP contribution in [-0.4, -0.2) is 10.1 Å². The van der Waals surface area contributed by atoms with Gasteiger partial charge in [-0.2, -0.15) is 4.98 Å². The van der Waals surface area contributed by atoms with Crippen molar-refractivity contribution in [2.24, 2.45) is 0 Å². The summed E-state index contributed by atoms with van der Waals surface area (Å²) in [7, 11) is 0. The quantitative estimate of drug-likeness (QED) is 0.786. The molecule has 0 amide bonds. The van der Waals surface area contributed by atoms with Crippen LogP contribution in [0.25, 0.3) is 11.4 Å². The van der Waals surface area contributed by atoms with Crippen LogP contribution in [0.5, 0.6) is 0 Å². The second-order valence-electron chi connectivity index (χ2n) is 5.16. The maximum atomic E-state index is 6.02. The van der Waals surface area contributed by atoms with E-state index in [1.54, 1.807) is 0 Å². The van der Waals surface area contributed by atoms with Gasteiger partial charge < -0.3 is 9.84 Å². The van der Waals surface area contributed by atoms with Gasteiger partial charge in [-0.15, -0.1) is 0 Å². The lowest BCUT2D eigenvalue weighted by Gasteiger charge is -2.09. The molecule has 4 nitrogen and oxygen atoms in total. The van der Waals surface area contributed by atoms with Crippen LogP contribution >= 0.6 is 11.6 Å². The summed E-state index contributed by atoms with van der Waals surface area (Å²) in [5.41, 5.74) is 2.13. The SMILES string of the molecule is C[C@H]([NH2+]Cc1nc(-c2ccccc2)no1)c1cccc(Cl)c1. The van der Waals surface area contributed by atoms with Crippen molar-refractivity contribution in [2.75, 3.05) is 0 Å². The van der Waals surface area contributed by atoms with E-state index in [-0.39, 0.29) is 6.04 Å². The second kappa shape index (κ2) is 6.73. The second-order valence-corrected chi connectivity index (χ2v) is 5.60. The first kappa shape index (κ1) is 14.8. The number of hydrogen-bond donors (Lipinski definition) is 1. The predicted octanol–water partition coefficient (Wildman–Crippen LogP) is 3.21. The minimum atomic E-state index is 0.269. The van der Waals surface area contributed by atoms with E-state index in [1.165, 1.54) is 5.56 Å². The molecule has 2 aromatic carbocycles. The standard InChI is InChI=1S/C17H16ClN3O/c1-12(14-8-5-9-15(18)10-14)19-11-16-20-17(21-22-16)13-6-3-2-4-7-13/h2-10,12,19H,11H2,1H3/p+1/t12-/m0/s1. The Bertz CT molecular complexity index is 742. The minimum Gasteiger partial charge on any atom is -0.333 e. The van der Waals surface area contributed by atoms with Gasteiger partial charge in [0.1, 0.15) is 6.04 Å². The first-order chi connectivity index (χ1) is 10.7. The van der Waals surface area contributed by atoms with Crippen LogP contribution in [0, 0.1) is 0 Å². The lowest BCUT2D eigenvalue weighted by atomic mass is 10.1. The molecule has 0 fully saturated rings. The fourth-order valence-electron chi connectivity index (χ4n) is 2.25. The van der Waals surface area contributed by atoms with Gasteiger partial charge in [-0.3, -0.25) is 0 Å². The first-order valence-corrected chi connectivity index (χ1v) is 7.57. The van der Waals surface area contributed by atoms with Crippen molar-refractivity contribution in [2.45, 2.75) is 19.5 Å². The number of nitrogens with two attached hydrogens (primary N) is 1. The minimum absolute atomic E-state index is 0.269. The van der Waals surface area contributed by atoms with E-state index in [0.717, 1.165) is 10.6 Å². The molecular formula is C17H17ClN3O+. The molecule has 0 aliphatic rings. The molecule has 2 N–H and O–H groups in total. The summed E-state index contributed by atoms with van der Waals surface area (Å²) in [6.45, 7) is 2.76. The maximum Gasteiger partial charge on any atom is 0.282 e. The van der Waals surface area contributed by atoms with E-state index < -0.39 is 0 Å². The highest BCUT2D eigenvalue weighted by molar-refractivity contribution is 6.30. The molecule has 1 aromatic heterocycles. The number of aromatic nitrogens is 2. The van der Waals surface area contributed by atoms with Crippen LogP contribution < -0.4 is 5.32 Å². The van der Waals surface area contributed by atoms with Crippen molar-refractivity contribution in [3.63, 3.8) is 0 Å². The molecular weight excluding hydrogens is 298 g/mol. The Labute approximate surface area is 134 Å². The maximum absolute atomic E-state index is 6.02. The normalized spacial score (nSPS) is 12.3. The number of rotatable bonds is 5. The Morgan fingerprint density at radius 1 is 1.14 bits per heavy atom. The van der Waals surface area contributed by atoms with Crippen molar-refractivity contribution < 1.29 is 9.84 Å². The fourth-order valence-corrected chi connectivity index (χ4v) is 2.44. The van der Waals surface area contributed by atoms with Gasteiger partial charge >= 0.3 is 0 Å². The zero-order chi connectivity index (χ0) is 15.4. The van der Waals surface area contributed by atoms with Crippen LogP contribution in [-0.2, 0) is 6.54 Å². The molecule has 0 radical (unpaired) electrons. The molecule has 1 atom stereocenters. The van der Waals surface area contributed by atoms with E-state index in [1.807, 2.05) is 48.5 Å². The summed E-state index contributed by atoms with van der Waals surface area (Å²) >= 11 is 6.02. The van der Waals surface area contributed by atoms with Gasteiger partial charge in [-0.1, -0.05) is 59.2 Å². The monoisotopic (exact) mass is 314 g/mol. The Morgan fingerprint density at radius 3 is 2.73 bits per heavy atom. The van der Waals surface area contributed by atoms with Crippen LogP contribution in [0.1, 0.15) is 24.4 Å². The molecule has 0 spiro atoms. The molecule has 22 heavy (non-hydrogen) atoms. The number of quaternary nitrogens is 1. The third-order valence-corrected chi connectivity index (χ3v) is 3.76. The summed E-state index contributed by atoms with van der Waals surface area (Å²) in [6, 6.07) is 18.0. The summed E-state index contributed by atoms with van der Waals surface area (Å²) in [5, 5.41) is 6.92. The Morgan fingerprint density at radius 2 is 1.95 bits per heavy atom. The zero-order valence-electron chi connectivity index (χ0n) is 12.2. The number of hydrogen-bond acceptors (Lipinski definition) is 3. The van der Waals surface area contributed by atoms with Gasteiger partial charge in [0.05, 0.1) is 0 Å². The molecule has 0 unspecified atom stereocenters. The fraction of sp³-hybridized carbons (Fsp3) is 0.176. The van der Waals surface area contributed by atoms with Crippen LogP contribution in [0.2, 0.25) is 5.02 Å². The zero-order valence-corrected chi connectivity index (χ0v) is 13.0. The molecule has 1 heterocycles. The molecule has 5 heteroatoms. The van der Waals surface area contributed by atoms with Gasteiger partial charge in [0.15, 0.2) is 6.54 Å². The molecule has 0 saturated heterocycles. The molecule has 112 valence electrons. The number of nitrogens with zero attached hydrogens (tertiary/aromatic N) is 2. The van der Waals surface area contributed by atoms with Crippen molar-refractivity contribution in [1.82, 2.24) is 10.1 Å². The first-order valence-electron chi connectivity index (χ1n) is 7.19. The van der Waals surface area contributed by atoms with Crippen molar-refractivity contribution in [3.8, 4) is 11.4 Å². The van der Waals surface area contributed by atoms with Gasteiger partial charge in [0, 0.05) is 16.1 Å². The third kappa shape index (κ3) is 3.53. The predicted molar refractivity (Wildman–Crippen MR) is 85.2 cm³/mol. The van der Waals surface area contributed by atoms with Gasteiger partial charge in [-0.25, -0.2) is 0 Å². The highest BCUT2D eigenvalue weighted by Gasteiger charge is 2.13. The summed E-state index contributed by atoms with van der Waals surface area (Å²) in [6.07, 6.45) is 0. The average molecular weight is 315 g/mol. The molecule has 0 aliphatic heterocycles. The summed E-state index contributed by atoms with van der Waals surface area (Å²) in [4.78, 5) is 4.43. The van der Waals surface area contributed by atoms with Gasteiger partial charge in [0.25, 0.3) is 5.89 Å². The van der Waals surface area contributed by atoms with E-state index in [9.17, 15) is 0 Å². The van der Waals surface area contributed by atoms with Crippen molar-refractivity contribution in [3.05, 3.63) is 71.1 Å². The van der Waals surface area contributed by atoms with Crippen LogP contribution in [0.4, 0.5) is 0 Å². The van der Waals surface area contributed by atoms with Gasteiger partial charge in [-0.05, 0) is 19.1 Å². The molecule has 0 bridgehead atoms. The van der Waals surface area contributed by atoms with Crippen molar-refractivity contribution >= 4 is 11.6 Å². The third-order valence-electron chi connectivity index (χ3n) is 3.52. The largest absolute Gasteiger partial charge is 0.333 e. The smallest absolute Gasteiger partial charge is 0.282 e. The molecule has 0 aliphatic carbocycles. The van der Waals surface area contributed by atoms with Crippen LogP contribution in [0.3, 0.4) is 0 Å². The average Bonchev–Trinajstić information content (AvgIpc) is 3.02. The summed E-state index contributed by atoms with van der Waals surface area (Å²) in [5.74, 6) is 1.24.